The third-order valence-corrected chi connectivity index (χ3v) is 5.43. The Balaban J connectivity index is 1.35. The number of anilines is 1. The molecule has 12 nitrogen and oxygen atoms in total. The van der Waals surface area contributed by atoms with E-state index in [0.29, 0.717) is 34.9 Å². The fraction of sp³-hybridized carbons (Fsp3) is 0.0769. The van der Waals surface area contributed by atoms with Crippen molar-refractivity contribution >= 4 is 17.9 Å². The average Bonchev–Trinajstić information content (AvgIpc) is 3.59. The Hall–Kier alpha value is -5.52. The molecule has 1 amide bonds. The van der Waals surface area contributed by atoms with Crippen LogP contribution in [0.25, 0.3) is 17.1 Å². The van der Waals surface area contributed by atoms with Crippen molar-refractivity contribution in [2.24, 2.45) is 5.10 Å². The topological polar surface area (TPSA) is 156 Å². The van der Waals surface area contributed by atoms with Crippen LogP contribution in [-0.2, 0) is 6.61 Å². The van der Waals surface area contributed by atoms with E-state index in [4.69, 9.17) is 15.2 Å². The number of nitrogens with two attached hydrogens (primary N) is 1. The molecule has 38 heavy (non-hydrogen) atoms. The van der Waals surface area contributed by atoms with Crippen LogP contribution in [0.1, 0.15) is 21.6 Å². The lowest BCUT2D eigenvalue weighted by molar-refractivity contribution is 0.0947. The minimum atomic E-state index is -0.595. The van der Waals surface area contributed by atoms with Gasteiger partial charge in [0.2, 0.25) is 11.6 Å². The molecule has 190 valence electrons. The number of ether oxygens (including phenoxy) is 2. The molecule has 2 heterocycles. The highest BCUT2D eigenvalue weighted by atomic mass is 16.6. The van der Waals surface area contributed by atoms with E-state index in [1.165, 1.54) is 6.21 Å². The second-order valence-corrected chi connectivity index (χ2v) is 7.92. The molecule has 0 fully saturated rings. The Labute approximate surface area is 216 Å². The van der Waals surface area contributed by atoms with Gasteiger partial charge in [-0.3, -0.25) is 4.79 Å². The summed E-state index contributed by atoms with van der Waals surface area (Å²) in [6.45, 7) is 0.401. The molecule has 0 atom stereocenters. The fourth-order valence-corrected chi connectivity index (χ4v) is 3.60. The number of carbonyl (C=O) groups is 1. The highest BCUT2D eigenvalue weighted by Crippen LogP contribution is 2.28. The Morgan fingerprint density at radius 2 is 1.82 bits per heavy atom. The van der Waals surface area contributed by atoms with Gasteiger partial charge >= 0.3 is 0 Å². The van der Waals surface area contributed by atoms with E-state index in [1.807, 2.05) is 48.5 Å². The van der Waals surface area contributed by atoms with Gasteiger partial charge in [-0.15, -0.1) is 5.10 Å². The summed E-state index contributed by atoms with van der Waals surface area (Å²) in [5.74, 6) is 0.498. The van der Waals surface area contributed by atoms with Crippen molar-refractivity contribution in [2.45, 2.75) is 6.61 Å². The molecule has 0 aliphatic rings. The quantitative estimate of drug-likeness (QED) is 0.224. The van der Waals surface area contributed by atoms with E-state index >= 15 is 0 Å². The van der Waals surface area contributed by atoms with Gasteiger partial charge in [-0.2, -0.15) is 9.78 Å². The lowest BCUT2D eigenvalue weighted by Gasteiger charge is -2.11. The maximum Gasteiger partial charge on any atom is 0.292 e. The first kappa shape index (κ1) is 24.2. The van der Waals surface area contributed by atoms with E-state index in [-0.39, 0.29) is 17.3 Å². The smallest absolute Gasteiger partial charge is 0.292 e. The summed E-state index contributed by atoms with van der Waals surface area (Å²) in [6, 6.07) is 24.2. The van der Waals surface area contributed by atoms with Crippen LogP contribution in [0.3, 0.4) is 0 Å². The molecule has 0 radical (unpaired) electrons. The fourth-order valence-electron chi connectivity index (χ4n) is 3.60. The van der Waals surface area contributed by atoms with E-state index < -0.39 is 5.91 Å². The summed E-state index contributed by atoms with van der Waals surface area (Å²) in [7, 11) is 1.55. The van der Waals surface area contributed by atoms with Gasteiger partial charge in [0.15, 0.2) is 17.2 Å². The third-order valence-electron chi connectivity index (χ3n) is 5.43. The summed E-state index contributed by atoms with van der Waals surface area (Å²) < 4.78 is 17.2. The SMILES string of the molecule is COc1cc(/C=N\NC(=O)c2c(-c3ccccc3)nnn2-c2nonc2N)ccc1OCc1ccccc1. The Morgan fingerprint density at radius 1 is 1.05 bits per heavy atom. The van der Waals surface area contributed by atoms with Gasteiger partial charge in [0.1, 0.15) is 12.3 Å². The molecular formula is C26H22N8O4. The molecule has 3 N–H and O–H groups in total. The number of benzene rings is 3. The molecule has 0 saturated heterocycles. The molecule has 3 aromatic carbocycles. The summed E-state index contributed by atoms with van der Waals surface area (Å²) in [5.41, 5.74) is 11.1. The lowest BCUT2D eigenvalue weighted by atomic mass is 10.1. The second kappa shape index (κ2) is 11.0. The molecule has 5 aromatic rings. The Bertz CT molecular complexity index is 1560. The van der Waals surface area contributed by atoms with Crippen molar-refractivity contribution in [3.63, 3.8) is 0 Å². The molecule has 0 bridgehead atoms. The van der Waals surface area contributed by atoms with E-state index in [2.05, 4.69) is 35.8 Å². The maximum absolute atomic E-state index is 13.2. The molecule has 0 spiro atoms. The van der Waals surface area contributed by atoms with Crippen LogP contribution in [0.4, 0.5) is 5.82 Å². The second-order valence-electron chi connectivity index (χ2n) is 7.92. The van der Waals surface area contributed by atoms with E-state index in [9.17, 15) is 4.79 Å². The van der Waals surface area contributed by atoms with Crippen LogP contribution in [0.2, 0.25) is 0 Å². The number of nitrogens with one attached hydrogen (secondary N) is 1. The van der Waals surface area contributed by atoms with Crippen molar-refractivity contribution in [1.82, 2.24) is 30.7 Å². The summed E-state index contributed by atoms with van der Waals surface area (Å²) in [6.07, 6.45) is 1.48. The molecule has 12 heteroatoms. The summed E-state index contributed by atoms with van der Waals surface area (Å²) >= 11 is 0. The first-order chi connectivity index (χ1) is 18.6. The van der Waals surface area contributed by atoms with Crippen molar-refractivity contribution < 1.29 is 18.9 Å². The summed E-state index contributed by atoms with van der Waals surface area (Å²) in [4.78, 5) is 13.2. The molecule has 0 aliphatic heterocycles. The van der Waals surface area contributed by atoms with Gasteiger partial charge in [0.05, 0.1) is 13.3 Å². The van der Waals surface area contributed by atoms with Crippen LogP contribution in [-0.4, -0.2) is 44.5 Å². The number of methoxy groups -OCH3 is 1. The number of aromatic nitrogens is 5. The van der Waals surface area contributed by atoms with Crippen LogP contribution < -0.4 is 20.6 Å². The highest BCUT2D eigenvalue weighted by molar-refractivity contribution is 5.99. The monoisotopic (exact) mass is 510 g/mol. The molecule has 0 aliphatic carbocycles. The standard InChI is InChI=1S/C26H22N8O4/c1-36-21-14-18(12-13-20(21)37-16-17-8-4-2-5-9-17)15-28-30-26(35)23-22(19-10-6-3-7-11-19)29-33-34(23)25-24(27)31-38-32-25/h2-15H,16H2,1H3,(H2,27,31)(H,30,35)/b28-15-. The number of hydrogen-bond acceptors (Lipinski definition) is 10. The number of rotatable bonds is 9. The van der Waals surface area contributed by atoms with E-state index in [1.54, 1.807) is 37.4 Å². The molecule has 0 unspecified atom stereocenters. The van der Waals surface area contributed by atoms with Gasteiger partial charge in [0.25, 0.3) is 5.91 Å². The van der Waals surface area contributed by atoms with Crippen LogP contribution in [0.15, 0.2) is 88.6 Å². The van der Waals surface area contributed by atoms with Crippen LogP contribution >= 0.6 is 0 Å². The predicted molar refractivity (Wildman–Crippen MR) is 138 cm³/mol. The van der Waals surface area contributed by atoms with Crippen molar-refractivity contribution in [2.75, 3.05) is 12.8 Å². The zero-order chi connectivity index (χ0) is 26.3. The van der Waals surface area contributed by atoms with Crippen molar-refractivity contribution in [3.05, 3.63) is 95.7 Å². The molecule has 0 saturated carbocycles. The normalized spacial score (nSPS) is 11.0. The predicted octanol–water partition coefficient (Wildman–Crippen LogP) is 3.25. The number of nitrogens with zero attached hydrogens (tertiary/aromatic N) is 6. The van der Waals surface area contributed by atoms with Crippen molar-refractivity contribution in [1.29, 1.82) is 0 Å². The van der Waals surface area contributed by atoms with Gasteiger partial charge in [-0.1, -0.05) is 65.9 Å². The molecule has 2 aromatic heterocycles. The van der Waals surface area contributed by atoms with Crippen molar-refractivity contribution in [3.8, 4) is 28.6 Å². The zero-order valence-corrected chi connectivity index (χ0v) is 20.2. The molecular weight excluding hydrogens is 488 g/mol. The van der Waals surface area contributed by atoms with Gasteiger partial charge in [-0.05, 0) is 39.6 Å². The highest BCUT2D eigenvalue weighted by Gasteiger charge is 2.25. The minimum Gasteiger partial charge on any atom is -0.493 e. The lowest BCUT2D eigenvalue weighted by Crippen LogP contribution is -2.22. The largest absolute Gasteiger partial charge is 0.493 e. The van der Waals surface area contributed by atoms with E-state index in [0.717, 1.165) is 10.2 Å². The number of carbonyl (C=O) groups excluding carboxylic acids is 1. The van der Waals surface area contributed by atoms with Gasteiger partial charge in [0, 0.05) is 5.56 Å². The maximum atomic E-state index is 13.2. The Morgan fingerprint density at radius 3 is 2.53 bits per heavy atom. The van der Waals surface area contributed by atoms with Crippen LogP contribution in [0.5, 0.6) is 11.5 Å². The number of hydrazone groups is 1. The first-order valence-corrected chi connectivity index (χ1v) is 11.4. The van der Waals surface area contributed by atoms with Gasteiger partial charge in [-0.25, -0.2) is 10.1 Å². The Kier molecular flexibility index (Phi) is 7.02. The molecule has 5 rings (SSSR count). The summed E-state index contributed by atoms with van der Waals surface area (Å²) in [5, 5.41) is 19.6. The zero-order valence-electron chi connectivity index (χ0n) is 20.2. The van der Waals surface area contributed by atoms with Gasteiger partial charge < -0.3 is 15.2 Å². The number of amides is 1. The van der Waals surface area contributed by atoms with Crippen LogP contribution in [0, 0.1) is 0 Å². The average molecular weight is 511 g/mol. The third kappa shape index (κ3) is 5.18. The number of nitrogen functional groups attached to an aromatic ring is 1. The minimum absolute atomic E-state index is 0.0321. The number of hydrogen-bond donors (Lipinski definition) is 2. The first-order valence-electron chi connectivity index (χ1n) is 11.4.